The molecule has 204 valence electrons. The van der Waals surface area contributed by atoms with Gasteiger partial charge in [-0.15, -0.1) is 0 Å². The van der Waals surface area contributed by atoms with E-state index in [4.69, 9.17) is 14.3 Å². The summed E-state index contributed by atoms with van der Waals surface area (Å²) >= 11 is 0. The molecule has 0 spiro atoms. The quantitative estimate of drug-likeness (QED) is 0.194. The van der Waals surface area contributed by atoms with E-state index in [9.17, 15) is 5.48 Å². The maximum Gasteiger partial charge on any atom is 0.136 e. The zero-order valence-corrected chi connectivity index (χ0v) is 23.1. The Morgan fingerprint density at radius 1 is 0.386 bits per heavy atom. The van der Waals surface area contributed by atoms with Crippen LogP contribution in [0.2, 0.25) is 0 Å². The summed E-state index contributed by atoms with van der Waals surface area (Å²) in [4.78, 5) is 0. The van der Waals surface area contributed by atoms with Crippen LogP contribution in [0.15, 0.2) is 154 Å². The van der Waals surface area contributed by atoms with E-state index >= 15 is 0 Å². The number of para-hydroxylation sites is 1. The average Bonchev–Trinajstić information content (AvgIpc) is 3.74. The van der Waals surface area contributed by atoms with Gasteiger partial charge < -0.3 is 8.83 Å². The van der Waals surface area contributed by atoms with Crippen molar-refractivity contribution < 1.29 is 19.8 Å². The summed E-state index contributed by atoms with van der Waals surface area (Å²) in [5.41, 5.74) is 4.31. The van der Waals surface area contributed by atoms with Crippen molar-refractivity contribution >= 4 is 76.2 Å². The van der Waals surface area contributed by atoms with E-state index in [0.29, 0.717) is 33.4 Å². The Hall–Kier alpha value is -5.86. The number of benzene rings is 8. The van der Waals surface area contributed by atoms with Crippen LogP contribution in [0.5, 0.6) is 0 Å². The van der Waals surface area contributed by atoms with Gasteiger partial charge in [-0.2, -0.15) is 0 Å². The monoisotopic (exact) mass is 568 g/mol. The summed E-state index contributed by atoms with van der Waals surface area (Å²) in [5, 5.41) is 5.83. The molecule has 2 aromatic heterocycles. The highest BCUT2D eigenvalue weighted by Gasteiger charge is 2.20. The summed E-state index contributed by atoms with van der Waals surface area (Å²) in [6.07, 6.45) is 0. The highest BCUT2D eigenvalue weighted by atomic mass is 16.3. The van der Waals surface area contributed by atoms with E-state index in [1.54, 1.807) is 12.1 Å². The predicted octanol–water partition coefficient (Wildman–Crippen LogP) is 12.3. The first-order valence-electron chi connectivity index (χ1n) is 18.4. The first-order chi connectivity index (χ1) is 25.1. The third-order valence-corrected chi connectivity index (χ3v) is 8.68. The molecule has 0 aliphatic rings. The highest BCUT2D eigenvalue weighted by Crippen LogP contribution is 2.46. The maximum atomic E-state index is 9.33. The summed E-state index contributed by atoms with van der Waals surface area (Å²) < 4.78 is 84.8. The van der Waals surface area contributed by atoms with Crippen molar-refractivity contribution in [2.24, 2.45) is 0 Å². The first kappa shape index (κ1) is 17.3. The lowest BCUT2D eigenvalue weighted by molar-refractivity contribution is 0.663. The average molecular weight is 569 g/mol. The van der Waals surface area contributed by atoms with Crippen molar-refractivity contribution in [3.8, 4) is 22.3 Å². The second-order valence-corrected chi connectivity index (χ2v) is 11.0. The molecule has 0 atom stereocenters. The number of rotatable bonds is 2. The van der Waals surface area contributed by atoms with E-state index in [2.05, 4.69) is 0 Å². The van der Waals surface area contributed by atoms with Crippen molar-refractivity contribution in [2.45, 2.75) is 0 Å². The van der Waals surface area contributed by atoms with E-state index in [1.165, 1.54) is 0 Å². The topological polar surface area (TPSA) is 26.3 Å². The summed E-state index contributed by atoms with van der Waals surface area (Å²) in [5.74, 6) is 0. The molecule has 0 unspecified atom stereocenters. The van der Waals surface area contributed by atoms with Gasteiger partial charge in [-0.05, 0) is 91.0 Å². The minimum atomic E-state index is -0.440. The highest BCUT2D eigenvalue weighted by molar-refractivity contribution is 6.27. The van der Waals surface area contributed by atoms with Crippen LogP contribution in [0.4, 0.5) is 0 Å². The molecule has 2 heterocycles. The lowest BCUT2D eigenvalue weighted by Crippen LogP contribution is -1.91. The molecule has 0 N–H and O–H groups in total. The fraction of sp³-hybridized carbons (Fsp3) is 0. The third-order valence-electron chi connectivity index (χ3n) is 8.68. The molecule has 0 bridgehead atoms. The largest absolute Gasteiger partial charge is 0.456 e. The van der Waals surface area contributed by atoms with Crippen LogP contribution >= 0.6 is 0 Å². The van der Waals surface area contributed by atoms with Crippen LogP contribution < -0.4 is 0 Å². The minimum Gasteiger partial charge on any atom is -0.456 e. The molecule has 0 amide bonds. The summed E-state index contributed by atoms with van der Waals surface area (Å²) in [7, 11) is 0. The molecule has 10 rings (SSSR count). The number of hydrogen-bond acceptors (Lipinski definition) is 2. The zero-order chi connectivity index (χ0) is 35.7. The van der Waals surface area contributed by atoms with E-state index in [-0.39, 0.29) is 51.3 Å². The van der Waals surface area contributed by atoms with Gasteiger partial charge >= 0.3 is 0 Å². The molecule has 44 heavy (non-hydrogen) atoms. The summed E-state index contributed by atoms with van der Waals surface area (Å²) in [6.45, 7) is 0. The standard InChI is InChI=1S/C42H24O2/c1-2-10-26-23-27(18-17-25(26)9-1)39-29-11-3-5-13-31(29)40(32-14-6-4-12-30(32)39)28-19-20-36-34(24-28)42-38(44-36)22-21-37-41(42)33-15-7-8-16-35(33)43-37/h1-24H/i3D,4D,5D,6D,11D,12D,13D,14D. The zero-order valence-electron chi connectivity index (χ0n) is 31.1. The minimum absolute atomic E-state index is 0.165. The molecule has 0 fully saturated rings. The van der Waals surface area contributed by atoms with Crippen LogP contribution in [-0.2, 0) is 0 Å². The SMILES string of the molecule is [2H]c1c([2H])c([2H])c2c(-c3ccc4oc5ccc6oc7ccccc7c6c5c4c3)c3c([2H])c([2H])c([2H])c([2H])c3c(-c3ccc4ccccc4c3)c2c1[2H]. The van der Waals surface area contributed by atoms with E-state index in [1.807, 2.05) is 84.9 Å². The molecule has 2 nitrogen and oxygen atoms in total. The van der Waals surface area contributed by atoms with Crippen molar-refractivity contribution in [3.05, 3.63) is 145 Å². The normalized spacial score (nSPS) is 14.6. The van der Waals surface area contributed by atoms with E-state index < -0.39 is 24.2 Å². The van der Waals surface area contributed by atoms with Crippen LogP contribution in [0.3, 0.4) is 0 Å². The van der Waals surface area contributed by atoms with Gasteiger partial charge in [-0.3, -0.25) is 0 Å². The summed E-state index contributed by atoms with van der Waals surface area (Å²) in [6, 6.07) is 27.4. The smallest absolute Gasteiger partial charge is 0.136 e. The predicted molar refractivity (Wildman–Crippen MR) is 184 cm³/mol. The Balaban J connectivity index is 1.44. The molecule has 0 aliphatic heterocycles. The van der Waals surface area contributed by atoms with Crippen molar-refractivity contribution in [2.75, 3.05) is 0 Å². The molecular formula is C42H24O2. The Kier molecular flexibility index (Phi) is 3.47. The van der Waals surface area contributed by atoms with Crippen LogP contribution in [0.1, 0.15) is 11.0 Å². The van der Waals surface area contributed by atoms with Gasteiger partial charge in [-0.25, -0.2) is 0 Å². The Bertz CT molecular complexity index is 3150. The molecular weight excluding hydrogens is 536 g/mol. The second-order valence-electron chi connectivity index (χ2n) is 11.0. The molecule has 0 saturated carbocycles. The lowest BCUT2D eigenvalue weighted by Gasteiger charge is -2.18. The lowest BCUT2D eigenvalue weighted by atomic mass is 9.85. The van der Waals surface area contributed by atoms with Gasteiger partial charge in [0.15, 0.2) is 0 Å². The molecule has 0 aliphatic carbocycles. The van der Waals surface area contributed by atoms with Gasteiger partial charge in [0.2, 0.25) is 0 Å². The van der Waals surface area contributed by atoms with Crippen LogP contribution in [0.25, 0.3) is 98.4 Å². The van der Waals surface area contributed by atoms with Gasteiger partial charge in [-0.1, -0.05) is 109 Å². The Labute approximate surface area is 263 Å². The molecule has 8 aromatic carbocycles. The van der Waals surface area contributed by atoms with Crippen LogP contribution in [0, 0.1) is 0 Å². The van der Waals surface area contributed by atoms with E-state index in [0.717, 1.165) is 37.9 Å². The van der Waals surface area contributed by atoms with Crippen molar-refractivity contribution in [3.63, 3.8) is 0 Å². The number of fused-ring (bicyclic) bond motifs is 10. The number of furan rings is 2. The van der Waals surface area contributed by atoms with Crippen molar-refractivity contribution in [1.29, 1.82) is 0 Å². The second kappa shape index (κ2) is 8.82. The molecule has 2 heteroatoms. The van der Waals surface area contributed by atoms with Gasteiger partial charge in [0.25, 0.3) is 0 Å². The first-order valence-corrected chi connectivity index (χ1v) is 14.4. The van der Waals surface area contributed by atoms with Gasteiger partial charge in [0.05, 0.1) is 11.0 Å². The van der Waals surface area contributed by atoms with Crippen molar-refractivity contribution in [1.82, 2.24) is 0 Å². The third kappa shape index (κ3) is 3.25. The fourth-order valence-corrected chi connectivity index (χ4v) is 6.79. The Morgan fingerprint density at radius 3 is 1.57 bits per heavy atom. The number of hydrogen-bond donors (Lipinski definition) is 0. The molecule has 10 aromatic rings. The molecule has 0 radical (unpaired) electrons. The molecule has 0 saturated heterocycles. The Morgan fingerprint density at radius 2 is 0.886 bits per heavy atom. The van der Waals surface area contributed by atoms with Crippen LogP contribution in [-0.4, -0.2) is 0 Å². The van der Waals surface area contributed by atoms with Gasteiger partial charge in [0.1, 0.15) is 22.3 Å². The fourth-order valence-electron chi connectivity index (χ4n) is 6.79. The maximum absolute atomic E-state index is 9.33. The van der Waals surface area contributed by atoms with Gasteiger partial charge in [0, 0.05) is 21.5 Å².